The van der Waals surface area contributed by atoms with Gasteiger partial charge >= 0.3 is 18.6 Å². The Morgan fingerprint density at radius 2 is 2.00 bits per heavy atom. The first-order valence-electron chi connectivity index (χ1n) is 8.42. The molecule has 27 heavy (non-hydrogen) atoms. The lowest BCUT2D eigenvalue weighted by atomic mass is 9.94. The van der Waals surface area contributed by atoms with Crippen molar-refractivity contribution >= 4 is 12.0 Å². The molecule has 0 unspecified atom stereocenters. The molecular formula is C18H22F2N2O5. The van der Waals surface area contributed by atoms with Gasteiger partial charge in [0.1, 0.15) is 0 Å². The van der Waals surface area contributed by atoms with Crippen LogP contribution in [-0.4, -0.2) is 43.8 Å². The highest BCUT2D eigenvalue weighted by Crippen LogP contribution is 2.36. The van der Waals surface area contributed by atoms with Crippen molar-refractivity contribution in [1.29, 1.82) is 0 Å². The smallest absolute Gasteiger partial charge is 0.387 e. The van der Waals surface area contributed by atoms with Gasteiger partial charge in [0.05, 0.1) is 25.3 Å². The first-order chi connectivity index (χ1) is 12.8. The average Bonchev–Trinajstić information content (AvgIpc) is 2.62. The zero-order valence-corrected chi connectivity index (χ0v) is 15.5. The molecule has 9 heteroatoms. The number of nitrogens with zero attached hydrogens (tertiary/aromatic N) is 1. The molecule has 0 saturated carbocycles. The lowest BCUT2D eigenvalue weighted by Crippen LogP contribution is -2.47. The Kier molecular flexibility index (Phi) is 6.59. The fraction of sp³-hybridized carbons (Fsp3) is 0.444. The number of urea groups is 1. The van der Waals surface area contributed by atoms with E-state index < -0.39 is 18.6 Å². The second-order valence-corrected chi connectivity index (χ2v) is 5.64. The van der Waals surface area contributed by atoms with Crippen LogP contribution in [0.15, 0.2) is 29.5 Å². The molecule has 1 aliphatic rings. The molecule has 2 amide bonds. The van der Waals surface area contributed by atoms with Crippen LogP contribution in [-0.2, 0) is 9.53 Å². The Hall–Kier alpha value is -2.84. The predicted octanol–water partition coefficient (Wildman–Crippen LogP) is 3.22. The number of hydrogen-bond acceptors (Lipinski definition) is 5. The van der Waals surface area contributed by atoms with Gasteiger partial charge in [0.2, 0.25) is 0 Å². The minimum atomic E-state index is -3.00. The van der Waals surface area contributed by atoms with E-state index >= 15 is 0 Å². The topological polar surface area (TPSA) is 77.1 Å². The minimum absolute atomic E-state index is 0.0874. The van der Waals surface area contributed by atoms with Crippen molar-refractivity contribution in [1.82, 2.24) is 10.2 Å². The first kappa shape index (κ1) is 20.5. The molecule has 148 valence electrons. The monoisotopic (exact) mass is 384 g/mol. The van der Waals surface area contributed by atoms with Gasteiger partial charge in [0.25, 0.3) is 0 Å². The summed E-state index contributed by atoms with van der Waals surface area (Å²) in [6.07, 6.45) is 0. The summed E-state index contributed by atoms with van der Waals surface area (Å²) < 4.78 is 39.9. The number of alkyl halides is 2. The van der Waals surface area contributed by atoms with Crippen molar-refractivity contribution in [2.75, 3.05) is 20.3 Å². The normalized spacial score (nSPS) is 17.1. The number of halogens is 2. The standard InChI is InChI=1S/C18H22F2N2O5/c1-5-22-10(3)14(16(23)25-4)15(21-18(22)24)11-7-8-12(27-17(19)20)13(9-11)26-6-2/h7-9,15,17H,5-6H2,1-4H3,(H,21,24)/t15-/m1/s1. The molecule has 0 spiro atoms. The molecule has 1 heterocycles. The number of carbonyl (C=O) groups excluding carboxylic acids is 2. The van der Waals surface area contributed by atoms with Gasteiger partial charge in [-0.1, -0.05) is 6.07 Å². The maximum atomic E-state index is 12.6. The summed E-state index contributed by atoms with van der Waals surface area (Å²) in [5, 5.41) is 2.74. The number of ether oxygens (including phenoxy) is 3. The molecule has 2 rings (SSSR count). The number of hydrogen-bond donors (Lipinski definition) is 1. The van der Waals surface area contributed by atoms with Gasteiger partial charge in [-0.3, -0.25) is 4.90 Å². The Balaban J connectivity index is 2.53. The summed E-state index contributed by atoms with van der Waals surface area (Å²) in [6, 6.07) is 3.08. The SMILES string of the molecule is CCOc1cc([C@H]2NC(=O)N(CC)C(C)=C2C(=O)OC)ccc1OC(F)F. The zero-order valence-electron chi connectivity index (χ0n) is 15.5. The van der Waals surface area contributed by atoms with Crippen LogP contribution in [0.25, 0.3) is 0 Å². The zero-order chi connectivity index (χ0) is 20.1. The Morgan fingerprint density at radius 3 is 2.56 bits per heavy atom. The van der Waals surface area contributed by atoms with Gasteiger partial charge < -0.3 is 19.5 Å². The summed E-state index contributed by atoms with van der Waals surface area (Å²) in [6.45, 7) is 2.72. The molecular weight excluding hydrogens is 362 g/mol. The largest absolute Gasteiger partial charge is 0.490 e. The molecule has 1 aromatic rings. The van der Waals surface area contributed by atoms with Crippen molar-refractivity contribution in [2.45, 2.75) is 33.4 Å². The van der Waals surface area contributed by atoms with Crippen molar-refractivity contribution < 1.29 is 32.6 Å². The highest BCUT2D eigenvalue weighted by atomic mass is 19.3. The molecule has 1 N–H and O–H groups in total. The Morgan fingerprint density at radius 1 is 1.30 bits per heavy atom. The second-order valence-electron chi connectivity index (χ2n) is 5.64. The third-order valence-electron chi connectivity index (χ3n) is 4.13. The third-order valence-corrected chi connectivity index (χ3v) is 4.13. The molecule has 0 fully saturated rings. The van der Waals surface area contributed by atoms with Crippen LogP contribution in [0.3, 0.4) is 0 Å². The molecule has 0 aliphatic carbocycles. The maximum absolute atomic E-state index is 12.6. The number of allylic oxidation sites excluding steroid dienone is 1. The number of amides is 2. The third kappa shape index (κ3) is 4.29. The van der Waals surface area contributed by atoms with Crippen LogP contribution in [0.4, 0.5) is 13.6 Å². The fourth-order valence-corrected chi connectivity index (χ4v) is 2.95. The number of nitrogens with one attached hydrogen (secondary N) is 1. The van der Waals surface area contributed by atoms with E-state index in [-0.39, 0.29) is 29.7 Å². The van der Waals surface area contributed by atoms with Gasteiger partial charge in [0.15, 0.2) is 11.5 Å². The van der Waals surface area contributed by atoms with Crippen LogP contribution in [0, 0.1) is 0 Å². The van der Waals surface area contributed by atoms with Gasteiger partial charge in [0, 0.05) is 12.2 Å². The number of benzene rings is 1. The van der Waals surface area contributed by atoms with E-state index in [9.17, 15) is 18.4 Å². The summed E-state index contributed by atoms with van der Waals surface area (Å²) in [5.41, 5.74) is 1.19. The summed E-state index contributed by atoms with van der Waals surface area (Å²) in [4.78, 5) is 26.1. The summed E-state index contributed by atoms with van der Waals surface area (Å²) >= 11 is 0. The van der Waals surface area contributed by atoms with Crippen molar-refractivity contribution in [3.8, 4) is 11.5 Å². The maximum Gasteiger partial charge on any atom is 0.387 e. The second kappa shape index (κ2) is 8.70. The quantitative estimate of drug-likeness (QED) is 0.731. The Bertz CT molecular complexity index is 751. The van der Waals surface area contributed by atoms with E-state index in [1.807, 2.05) is 0 Å². The van der Waals surface area contributed by atoms with E-state index in [0.29, 0.717) is 17.8 Å². The van der Waals surface area contributed by atoms with Gasteiger partial charge in [-0.25, -0.2) is 9.59 Å². The summed E-state index contributed by atoms with van der Waals surface area (Å²) in [7, 11) is 1.25. The van der Waals surface area contributed by atoms with E-state index in [0.717, 1.165) is 0 Å². The molecule has 0 saturated heterocycles. The molecule has 0 radical (unpaired) electrons. The molecule has 0 bridgehead atoms. The van der Waals surface area contributed by atoms with Gasteiger partial charge in [-0.15, -0.1) is 0 Å². The molecule has 1 aromatic carbocycles. The lowest BCUT2D eigenvalue weighted by Gasteiger charge is -2.34. The lowest BCUT2D eigenvalue weighted by molar-refractivity contribution is -0.136. The average molecular weight is 384 g/mol. The highest BCUT2D eigenvalue weighted by molar-refractivity contribution is 5.95. The van der Waals surface area contributed by atoms with E-state index in [2.05, 4.69) is 10.1 Å². The first-order valence-corrected chi connectivity index (χ1v) is 8.42. The molecule has 1 aliphatic heterocycles. The number of carbonyl (C=O) groups is 2. The van der Waals surface area contributed by atoms with E-state index in [1.54, 1.807) is 20.8 Å². The molecule has 1 atom stereocenters. The number of esters is 1. The van der Waals surface area contributed by atoms with Crippen LogP contribution in [0.2, 0.25) is 0 Å². The van der Waals surface area contributed by atoms with E-state index in [1.165, 1.54) is 30.2 Å². The number of methoxy groups -OCH3 is 1. The fourth-order valence-electron chi connectivity index (χ4n) is 2.95. The minimum Gasteiger partial charge on any atom is -0.490 e. The molecule has 7 nitrogen and oxygen atoms in total. The van der Waals surface area contributed by atoms with Crippen LogP contribution in [0.5, 0.6) is 11.5 Å². The highest BCUT2D eigenvalue weighted by Gasteiger charge is 2.36. The van der Waals surface area contributed by atoms with Crippen LogP contribution >= 0.6 is 0 Å². The van der Waals surface area contributed by atoms with Crippen molar-refractivity contribution in [3.05, 3.63) is 35.0 Å². The Labute approximate surface area is 155 Å². The summed E-state index contributed by atoms with van der Waals surface area (Å²) in [5.74, 6) is -0.639. The number of rotatable bonds is 7. The predicted molar refractivity (Wildman–Crippen MR) is 92.6 cm³/mol. The van der Waals surface area contributed by atoms with Crippen LogP contribution in [0.1, 0.15) is 32.4 Å². The van der Waals surface area contributed by atoms with Crippen LogP contribution < -0.4 is 14.8 Å². The van der Waals surface area contributed by atoms with E-state index in [4.69, 9.17) is 9.47 Å². The molecule has 0 aromatic heterocycles. The van der Waals surface area contributed by atoms with Crippen molar-refractivity contribution in [2.24, 2.45) is 0 Å². The van der Waals surface area contributed by atoms with Crippen molar-refractivity contribution in [3.63, 3.8) is 0 Å². The van der Waals surface area contributed by atoms with Gasteiger partial charge in [-0.05, 0) is 38.5 Å². The van der Waals surface area contributed by atoms with Gasteiger partial charge in [-0.2, -0.15) is 8.78 Å².